The van der Waals surface area contributed by atoms with E-state index in [1.165, 1.54) is 11.3 Å². The second kappa shape index (κ2) is 8.85. The van der Waals surface area contributed by atoms with Crippen LogP contribution in [0, 0.1) is 12.8 Å². The molecule has 0 spiro atoms. The second-order valence-electron chi connectivity index (χ2n) is 6.30. The first-order valence-corrected chi connectivity index (χ1v) is 9.21. The molecular formula is C19H26N2O3S. The molecule has 25 heavy (non-hydrogen) atoms. The van der Waals surface area contributed by atoms with E-state index in [4.69, 9.17) is 9.47 Å². The number of nitrogens with one attached hydrogen (secondary N) is 1. The number of aryl methyl sites for hydroxylation is 1. The minimum atomic E-state index is -0.0579. The van der Waals surface area contributed by atoms with Gasteiger partial charge in [0.25, 0.3) is 5.91 Å². The summed E-state index contributed by atoms with van der Waals surface area (Å²) in [6, 6.07) is 5.70. The molecular weight excluding hydrogens is 336 g/mol. The first kappa shape index (κ1) is 19.2. The fraction of sp³-hybridized carbons (Fsp3) is 0.474. The van der Waals surface area contributed by atoms with E-state index in [1.54, 1.807) is 14.2 Å². The van der Waals surface area contributed by atoms with Crippen LogP contribution >= 0.6 is 11.3 Å². The minimum Gasteiger partial charge on any atom is -0.497 e. The van der Waals surface area contributed by atoms with Crippen molar-refractivity contribution in [1.29, 1.82) is 0 Å². The normalized spacial score (nSPS) is 10.8. The largest absolute Gasteiger partial charge is 0.497 e. The predicted molar refractivity (Wildman–Crippen MR) is 101 cm³/mol. The number of benzene rings is 1. The first-order chi connectivity index (χ1) is 11.9. The highest BCUT2D eigenvalue weighted by atomic mass is 32.1. The summed E-state index contributed by atoms with van der Waals surface area (Å²) < 4.78 is 10.6. The molecule has 1 aromatic carbocycles. The van der Waals surface area contributed by atoms with Gasteiger partial charge >= 0.3 is 0 Å². The van der Waals surface area contributed by atoms with Crippen LogP contribution in [0.15, 0.2) is 18.2 Å². The van der Waals surface area contributed by atoms with Gasteiger partial charge in [-0.3, -0.25) is 4.79 Å². The van der Waals surface area contributed by atoms with Gasteiger partial charge < -0.3 is 14.8 Å². The maximum atomic E-state index is 12.4. The maximum Gasteiger partial charge on any atom is 0.263 e. The number of hydrogen-bond acceptors (Lipinski definition) is 5. The van der Waals surface area contributed by atoms with Crippen molar-refractivity contribution >= 4 is 17.2 Å². The Kier molecular flexibility index (Phi) is 6.82. The van der Waals surface area contributed by atoms with Gasteiger partial charge in [-0.05, 0) is 30.9 Å². The van der Waals surface area contributed by atoms with Crippen LogP contribution in [0.5, 0.6) is 11.5 Å². The Morgan fingerprint density at radius 1 is 1.28 bits per heavy atom. The summed E-state index contributed by atoms with van der Waals surface area (Å²) in [4.78, 5) is 17.6. The van der Waals surface area contributed by atoms with Crippen LogP contribution in [-0.4, -0.2) is 31.7 Å². The van der Waals surface area contributed by atoms with Gasteiger partial charge in [-0.1, -0.05) is 19.9 Å². The zero-order valence-corrected chi connectivity index (χ0v) is 16.3. The maximum absolute atomic E-state index is 12.4. The van der Waals surface area contributed by atoms with Crippen LogP contribution < -0.4 is 14.8 Å². The third kappa shape index (κ3) is 5.19. The average Bonchev–Trinajstić information content (AvgIpc) is 2.94. The van der Waals surface area contributed by atoms with E-state index in [2.05, 4.69) is 24.1 Å². The molecule has 0 bridgehead atoms. The third-order valence-electron chi connectivity index (χ3n) is 3.80. The quantitative estimate of drug-likeness (QED) is 0.779. The topological polar surface area (TPSA) is 60.5 Å². The number of carbonyl (C=O) groups excluding carboxylic acids is 1. The Labute approximate surface area is 153 Å². The van der Waals surface area contributed by atoms with E-state index >= 15 is 0 Å². The standard InChI is InChI=1S/C19H26N2O3S/c1-12(2)10-17-21-13(3)18(25-17)19(22)20-9-8-14-6-7-15(23-4)11-16(14)24-5/h6-7,11-12H,8-10H2,1-5H3,(H,20,22). The van der Waals surface area contributed by atoms with Crippen molar-refractivity contribution in [3.8, 4) is 11.5 Å². The van der Waals surface area contributed by atoms with Crippen molar-refractivity contribution in [2.24, 2.45) is 5.92 Å². The number of carbonyl (C=O) groups is 1. The summed E-state index contributed by atoms with van der Waals surface area (Å²) in [5, 5.41) is 4.00. The van der Waals surface area contributed by atoms with Gasteiger partial charge in [-0.15, -0.1) is 11.3 Å². The van der Waals surface area contributed by atoms with Crippen molar-refractivity contribution in [3.63, 3.8) is 0 Å². The summed E-state index contributed by atoms with van der Waals surface area (Å²) in [7, 11) is 3.26. The number of amides is 1. The predicted octanol–water partition coefficient (Wildman–Crippen LogP) is 3.64. The van der Waals surface area contributed by atoms with E-state index < -0.39 is 0 Å². The number of ether oxygens (including phenoxy) is 2. The molecule has 136 valence electrons. The smallest absolute Gasteiger partial charge is 0.263 e. The SMILES string of the molecule is COc1ccc(CCNC(=O)c2sc(CC(C)C)nc2C)c(OC)c1. The lowest BCUT2D eigenvalue weighted by molar-refractivity contribution is 0.0957. The van der Waals surface area contributed by atoms with E-state index in [9.17, 15) is 4.79 Å². The number of aromatic nitrogens is 1. The molecule has 0 fully saturated rings. The summed E-state index contributed by atoms with van der Waals surface area (Å²) in [5.74, 6) is 1.99. The molecule has 1 amide bonds. The first-order valence-electron chi connectivity index (χ1n) is 8.40. The summed E-state index contributed by atoms with van der Waals surface area (Å²) >= 11 is 1.49. The average molecular weight is 362 g/mol. The Morgan fingerprint density at radius 3 is 2.68 bits per heavy atom. The molecule has 1 N–H and O–H groups in total. The fourth-order valence-electron chi connectivity index (χ4n) is 2.55. The van der Waals surface area contributed by atoms with Gasteiger partial charge in [0.15, 0.2) is 0 Å². The molecule has 0 saturated carbocycles. The number of thiazole rings is 1. The summed E-state index contributed by atoms with van der Waals surface area (Å²) in [5.41, 5.74) is 1.84. The number of methoxy groups -OCH3 is 2. The molecule has 0 unspecified atom stereocenters. The highest BCUT2D eigenvalue weighted by Gasteiger charge is 2.16. The van der Waals surface area contributed by atoms with Crippen LogP contribution in [0.1, 0.15) is 39.8 Å². The van der Waals surface area contributed by atoms with Gasteiger partial charge in [0.1, 0.15) is 16.4 Å². The van der Waals surface area contributed by atoms with Crippen molar-refractivity contribution in [1.82, 2.24) is 10.3 Å². The minimum absolute atomic E-state index is 0.0579. The van der Waals surface area contributed by atoms with E-state index in [1.807, 2.05) is 25.1 Å². The van der Waals surface area contributed by atoms with Crippen LogP contribution in [0.4, 0.5) is 0 Å². The monoisotopic (exact) mass is 362 g/mol. The van der Waals surface area contributed by atoms with Gasteiger partial charge in [0.05, 0.1) is 24.9 Å². The number of rotatable bonds is 8. The van der Waals surface area contributed by atoms with E-state index in [0.29, 0.717) is 23.8 Å². The summed E-state index contributed by atoms with van der Waals surface area (Å²) in [6.07, 6.45) is 1.59. The molecule has 2 aromatic rings. The Bertz CT molecular complexity index is 725. The lowest BCUT2D eigenvalue weighted by atomic mass is 10.1. The molecule has 0 aliphatic heterocycles. The lowest BCUT2D eigenvalue weighted by Gasteiger charge is -2.10. The third-order valence-corrected chi connectivity index (χ3v) is 4.98. The molecule has 0 aliphatic rings. The molecule has 0 atom stereocenters. The Morgan fingerprint density at radius 2 is 2.04 bits per heavy atom. The van der Waals surface area contributed by atoms with E-state index in [0.717, 1.165) is 34.2 Å². The van der Waals surface area contributed by atoms with Gasteiger partial charge in [-0.25, -0.2) is 4.98 Å². The second-order valence-corrected chi connectivity index (χ2v) is 7.39. The van der Waals surface area contributed by atoms with Gasteiger partial charge in [0, 0.05) is 19.0 Å². The molecule has 0 aliphatic carbocycles. The van der Waals surface area contributed by atoms with Crippen molar-refractivity contribution in [2.45, 2.75) is 33.6 Å². The Hall–Kier alpha value is -2.08. The lowest BCUT2D eigenvalue weighted by Crippen LogP contribution is -2.25. The van der Waals surface area contributed by atoms with Gasteiger partial charge in [-0.2, -0.15) is 0 Å². The zero-order valence-electron chi connectivity index (χ0n) is 15.5. The molecule has 0 saturated heterocycles. The Balaban J connectivity index is 1.96. The molecule has 1 heterocycles. The van der Waals surface area contributed by atoms with Crippen molar-refractivity contribution in [3.05, 3.63) is 39.3 Å². The molecule has 5 nitrogen and oxygen atoms in total. The number of hydrogen-bond donors (Lipinski definition) is 1. The molecule has 6 heteroatoms. The molecule has 0 radical (unpaired) electrons. The number of nitrogens with zero attached hydrogens (tertiary/aromatic N) is 1. The fourth-order valence-corrected chi connectivity index (χ4v) is 3.74. The highest BCUT2D eigenvalue weighted by molar-refractivity contribution is 7.13. The van der Waals surface area contributed by atoms with Crippen molar-refractivity contribution in [2.75, 3.05) is 20.8 Å². The van der Waals surface area contributed by atoms with Gasteiger partial charge in [0.2, 0.25) is 0 Å². The highest BCUT2D eigenvalue weighted by Crippen LogP contribution is 2.25. The van der Waals surface area contributed by atoms with Crippen LogP contribution in [0.2, 0.25) is 0 Å². The van der Waals surface area contributed by atoms with Crippen LogP contribution in [0.3, 0.4) is 0 Å². The van der Waals surface area contributed by atoms with Crippen LogP contribution in [0.25, 0.3) is 0 Å². The summed E-state index contributed by atoms with van der Waals surface area (Å²) in [6.45, 7) is 6.73. The zero-order chi connectivity index (χ0) is 18.4. The van der Waals surface area contributed by atoms with Crippen LogP contribution in [-0.2, 0) is 12.8 Å². The molecule has 2 rings (SSSR count). The molecule has 1 aromatic heterocycles. The van der Waals surface area contributed by atoms with E-state index in [-0.39, 0.29) is 5.91 Å². The van der Waals surface area contributed by atoms with Crippen molar-refractivity contribution < 1.29 is 14.3 Å².